The number of nitrogens with zero attached hydrogens (tertiary/aromatic N) is 2. The SMILES string of the molecule is Cn1cnc(C2CC3CC(O)(C#CC(N)=O)CC3C2)c1C(=O)Nc1ccc(F)c(Cl)c1. The zero-order valence-corrected chi connectivity index (χ0v) is 17.6. The highest BCUT2D eigenvalue weighted by Gasteiger charge is 2.49. The van der Waals surface area contributed by atoms with E-state index in [0.29, 0.717) is 29.9 Å². The monoisotopic (exact) mass is 444 g/mol. The molecule has 0 aliphatic heterocycles. The minimum atomic E-state index is -1.19. The van der Waals surface area contributed by atoms with Gasteiger partial charge in [0, 0.05) is 18.7 Å². The van der Waals surface area contributed by atoms with E-state index in [2.05, 4.69) is 22.1 Å². The van der Waals surface area contributed by atoms with Crippen LogP contribution < -0.4 is 11.1 Å². The van der Waals surface area contributed by atoms with Gasteiger partial charge in [0.1, 0.15) is 17.1 Å². The van der Waals surface area contributed by atoms with E-state index in [1.165, 1.54) is 18.2 Å². The molecular formula is C22H22ClFN4O3. The van der Waals surface area contributed by atoms with E-state index in [4.69, 9.17) is 17.3 Å². The third-order valence-electron chi connectivity index (χ3n) is 6.20. The molecule has 31 heavy (non-hydrogen) atoms. The molecule has 162 valence electrons. The molecule has 2 fully saturated rings. The molecule has 4 N–H and O–H groups in total. The normalized spacial score (nSPS) is 26.8. The molecule has 7 nitrogen and oxygen atoms in total. The number of nitrogens with one attached hydrogen (secondary N) is 1. The number of imidazole rings is 1. The number of halogens is 2. The Labute approximate surface area is 183 Å². The first-order valence-corrected chi connectivity index (χ1v) is 10.4. The van der Waals surface area contributed by atoms with Crippen LogP contribution in [0.3, 0.4) is 0 Å². The summed E-state index contributed by atoms with van der Waals surface area (Å²) in [6, 6.07) is 4.00. The molecule has 2 saturated carbocycles. The average molecular weight is 445 g/mol. The van der Waals surface area contributed by atoms with Crippen molar-refractivity contribution in [2.24, 2.45) is 24.6 Å². The molecule has 2 aliphatic carbocycles. The van der Waals surface area contributed by atoms with Gasteiger partial charge in [-0.1, -0.05) is 17.5 Å². The van der Waals surface area contributed by atoms with E-state index in [1.807, 2.05) is 0 Å². The van der Waals surface area contributed by atoms with Crippen LogP contribution in [-0.2, 0) is 11.8 Å². The molecule has 2 unspecified atom stereocenters. The lowest BCUT2D eigenvalue weighted by Crippen LogP contribution is -2.24. The van der Waals surface area contributed by atoms with E-state index in [-0.39, 0.29) is 28.7 Å². The van der Waals surface area contributed by atoms with Crippen LogP contribution in [0, 0.1) is 29.5 Å². The van der Waals surface area contributed by atoms with Crippen molar-refractivity contribution in [3.63, 3.8) is 0 Å². The van der Waals surface area contributed by atoms with Crippen LogP contribution >= 0.6 is 11.6 Å². The predicted molar refractivity (Wildman–Crippen MR) is 113 cm³/mol. The molecule has 4 rings (SSSR count). The van der Waals surface area contributed by atoms with Gasteiger partial charge >= 0.3 is 0 Å². The maximum Gasteiger partial charge on any atom is 0.293 e. The topological polar surface area (TPSA) is 110 Å². The first-order chi connectivity index (χ1) is 14.6. The Morgan fingerprint density at radius 3 is 2.65 bits per heavy atom. The molecule has 0 radical (unpaired) electrons. The second-order valence-electron chi connectivity index (χ2n) is 8.41. The number of aliphatic hydroxyl groups is 1. The van der Waals surface area contributed by atoms with Gasteiger partial charge in [-0.05, 0) is 61.6 Å². The van der Waals surface area contributed by atoms with Gasteiger partial charge in [0.2, 0.25) is 0 Å². The van der Waals surface area contributed by atoms with Crippen molar-refractivity contribution in [2.45, 2.75) is 37.2 Å². The minimum absolute atomic E-state index is 0.0708. The number of carbonyl (C=O) groups excluding carboxylic acids is 2. The van der Waals surface area contributed by atoms with Crippen LogP contribution in [0.2, 0.25) is 5.02 Å². The van der Waals surface area contributed by atoms with Gasteiger partial charge < -0.3 is 20.7 Å². The number of amides is 2. The highest BCUT2D eigenvalue weighted by molar-refractivity contribution is 6.31. The Morgan fingerprint density at radius 1 is 1.35 bits per heavy atom. The fourth-order valence-electron chi connectivity index (χ4n) is 4.95. The molecule has 2 aliphatic rings. The minimum Gasteiger partial charge on any atom is -0.378 e. The zero-order chi connectivity index (χ0) is 22.3. The highest BCUT2D eigenvalue weighted by Crippen LogP contribution is 2.53. The van der Waals surface area contributed by atoms with Crippen molar-refractivity contribution in [1.82, 2.24) is 9.55 Å². The zero-order valence-electron chi connectivity index (χ0n) is 16.9. The predicted octanol–water partition coefficient (Wildman–Crippen LogP) is 2.59. The smallest absolute Gasteiger partial charge is 0.293 e. The van der Waals surface area contributed by atoms with Crippen LogP contribution in [0.5, 0.6) is 0 Å². The quantitative estimate of drug-likeness (QED) is 0.632. The van der Waals surface area contributed by atoms with Crippen molar-refractivity contribution in [2.75, 3.05) is 5.32 Å². The number of rotatable bonds is 3. The molecule has 1 aromatic heterocycles. The number of hydrogen-bond donors (Lipinski definition) is 3. The van der Waals surface area contributed by atoms with Crippen LogP contribution in [0.25, 0.3) is 0 Å². The molecule has 1 aromatic carbocycles. The maximum absolute atomic E-state index is 13.4. The summed E-state index contributed by atoms with van der Waals surface area (Å²) < 4.78 is 15.1. The lowest BCUT2D eigenvalue weighted by molar-refractivity contribution is -0.112. The van der Waals surface area contributed by atoms with Crippen LogP contribution in [0.15, 0.2) is 24.5 Å². The third-order valence-corrected chi connectivity index (χ3v) is 6.49. The summed E-state index contributed by atoms with van der Waals surface area (Å²) in [7, 11) is 1.75. The molecule has 9 heteroatoms. The van der Waals surface area contributed by atoms with Gasteiger partial charge in [-0.15, -0.1) is 0 Å². The van der Waals surface area contributed by atoms with Crippen molar-refractivity contribution < 1.29 is 19.1 Å². The van der Waals surface area contributed by atoms with Crippen LogP contribution in [-0.4, -0.2) is 32.1 Å². The molecular weight excluding hydrogens is 423 g/mol. The van der Waals surface area contributed by atoms with Gasteiger partial charge in [0.25, 0.3) is 11.8 Å². The summed E-state index contributed by atoms with van der Waals surface area (Å²) in [5.41, 5.74) is 5.41. The Hall–Kier alpha value is -2.89. The standard InChI is InChI=1S/C22H22ClFN4O3/c1-28-11-26-19(20(28)21(30)27-15-2-3-17(24)16(23)8-15)12-6-13-9-22(31,5-4-18(25)29)10-14(13)7-12/h2-3,8,11-14,31H,6-7,9-10H2,1H3,(H2,25,29)(H,27,30). The summed E-state index contributed by atoms with van der Waals surface area (Å²) in [6.07, 6.45) is 4.08. The molecule has 2 amide bonds. The summed E-state index contributed by atoms with van der Waals surface area (Å²) >= 11 is 5.81. The summed E-state index contributed by atoms with van der Waals surface area (Å²) in [4.78, 5) is 28.4. The van der Waals surface area contributed by atoms with Crippen molar-refractivity contribution in [1.29, 1.82) is 0 Å². The number of fused-ring (bicyclic) bond motifs is 1. The largest absolute Gasteiger partial charge is 0.378 e. The fraction of sp³-hybridized carbons (Fsp3) is 0.409. The number of benzene rings is 1. The molecule has 2 atom stereocenters. The third kappa shape index (κ3) is 4.29. The Morgan fingerprint density at radius 2 is 2.03 bits per heavy atom. The van der Waals surface area contributed by atoms with E-state index in [0.717, 1.165) is 12.8 Å². The van der Waals surface area contributed by atoms with E-state index >= 15 is 0 Å². The molecule has 0 spiro atoms. The number of carbonyl (C=O) groups is 2. The molecule has 0 saturated heterocycles. The Balaban J connectivity index is 1.49. The Kier molecular flexibility index (Phi) is 5.50. The van der Waals surface area contributed by atoms with Gasteiger partial charge in [-0.25, -0.2) is 9.37 Å². The van der Waals surface area contributed by atoms with Crippen LogP contribution in [0.4, 0.5) is 10.1 Å². The Bertz CT molecular complexity index is 1110. The summed E-state index contributed by atoms with van der Waals surface area (Å²) in [5.74, 6) is 3.74. The number of aromatic nitrogens is 2. The van der Waals surface area contributed by atoms with E-state index < -0.39 is 17.3 Å². The second-order valence-corrected chi connectivity index (χ2v) is 8.82. The van der Waals surface area contributed by atoms with Crippen molar-refractivity contribution in [3.8, 4) is 11.8 Å². The van der Waals surface area contributed by atoms with Gasteiger partial charge in [0.05, 0.1) is 17.0 Å². The van der Waals surface area contributed by atoms with Gasteiger partial charge in [0.15, 0.2) is 0 Å². The van der Waals surface area contributed by atoms with E-state index in [1.54, 1.807) is 17.9 Å². The number of aryl methyl sites for hydroxylation is 1. The first-order valence-electron chi connectivity index (χ1n) is 9.98. The summed E-state index contributed by atoms with van der Waals surface area (Å²) in [6.45, 7) is 0. The molecule has 1 heterocycles. The highest BCUT2D eigenvalue weighted by atomic mass is 35.5. The van der Waals surface area contributed by atoms with Crippen molar-refractivity contribution >= 4 is 29.1 Å². The first kappa shape index (κ1) is 21.3. The fourth-order valence-corrected chi connectivity index (χ4v) is 5.13. The number of nitrogens with two attached hydrogens (primary N) is 1. The number of primary amides is 1. The van der Waals surface area contributed by atoms with Gasteiger partial charge in [-0.2, -0.15) is 0 Å². The molecule has 2 aromatic rings. The molecule has 0 bridgehead atoms. The van der Waals surface area contributed by atoms with Crippen molar-refractivity contribution in [3.05, 3.63) is 46.8 Å². The lowest BCUT2D eigenvalue weighted by Gasteiger charge is -2.18. The van der Waals surface area contributed by atoms with Crippen LogP contribution in [0.1, 0.15) is 47.8 Å². The average Bonchev–Trinajstić information content (AvgIpc) is 3.34. The second kappa shape index (κ2) is 7.98. The number of anilines is 1. The summed E-state index contributed by atoms with van der Waals surface area (Å²) in [5, 5.41) is 13.3. The van der Waals surface area contributed by atoms with E-state index in [9.17, 15) is 19.1 Å². The number of hydrogen-bond acceptors (Lipinski definition) is 4. The lowest BCUT2D eigenvalue weighted by atomic mass is 9.92. The maximum atomic E-state index is 13.4. The van der Waals surface area contributed by atoms with Gasteiger partial charge in [-0.3, -0.25) is 9.59 Å².